The van der Waals surface area contributed by atoms with Crippen molar-refractivity contribution in [1.29, 1.82) is 0 Å². The summed E-state index contributed by atoms with van der Waals surface area (Å²) in [6.45, 7) is 9.54. The molecule has 0 unspecified atom stereocenters. The van der Waals surface area contributed by atoms with Crippen molar-refractivity contribution in [3.05, 3.63) is 191 Å². The van der Waals surface area contributed by atoms with Gasteiger partial charge in [0.25, 0.3) is 0 Å². The first-order valence-electron chi connectivity index (χ1n) is 20.3. The van der Waals surface area contributed by atoms with Gasteiger partial charge < -0.3 is 0 Å². The monoisotopic (exact) mass is 714 g/mol. The molecular weight excluding hydrogens is 673 g/mol. The van der Waals surface area contributed by atoms with Gasteiger partial charge in [-0.3, -0.25) is 0 Å². The minimum absolute atomic E-state index is 0.0577. The zero-order valence-electron chi connectivity index (χ0n) is 32.4. The fourth-order valence-electron chi connectivity index (χ4n) is 11.2. The van der Waals surface area contributed by atoms with E-state index in [1.165, 1.54) is 121 Å². The van der Waals surface area contributed by atoms with E-state index in [9.17, 15) is 0 Å². The number of benzene rings is 9. The van der Waals surface area contributed by atoms with E-state index in [4.69, 9.17) is 0 Å². The van der Waals surface area contributed by atoms with Crippen molar-refractivity contribution < 1.29 is 0 Å². The molecule has 266 valence electrons. The lowest BCUT2D eigenvalue weighted by molar-refractivity contribution is 0.660. The molecule has 0 atom stereocenters. The predicted octanol–water partition coefficient (Wildman–Crippen LogP) is 14.9. The first-order valence-corrected chi connectivity index (χ1v) is 20.3. The van der Waals surface area contributed by atoms with E-state index in [0.717, 1.165) is 12.8 Å². The molecule has 0 heterocycles. The van der Waals surface area contributed by atoms with Crippen LogP contribution in [0.4, 0.5) is 0 Å². The van der Waals surface area contributed by atoms with Crippen molar-refractivity contribution in [2.24, 2.45) is 0 Å². The number of aryl methyl sites for hydroxylation is 2. The van der Waals surface area contributed by atoms with Gasteiger partial charge in [-0.25, -0.2) is 0 Å². The Hall–Kier alpha value is -6.24. The van der Waals surface area contributed by atoms with Gasteiger partial charge in [0.1, 0.15) is 0 Å². The van der Waals surface area contributed by atoms with Crippen LogP contribution in [0.1, 0.15) is 61.1 Å². The summed E-state index contributed by atoms with van der Waals surface area (Å²) in [4.78, 5) is 0. The Bertz CT molecular complexity index is 3180. The van der Waals surface area contributed by atoms with Crippen molar-refractivity contribution >= 4 is 32.3 Å². The van der Waals surface area contributed by atoms with Crippen LogP contribution in [0.25, 0.3) is 88.0 Å². The van der Waals surface area contributed by atoms with Crippen LogP contribution >= 0.6 is 0 Å². The Morgan fingerprint density at radius 1 is 0.321 bits per heavy atom. The number of hydrogen-bond acceptors (Lipinski definition) is 0. The van der Waals surface area contributed by atoms with Crippen LogP contribution < -0.4 is 0 Å². The SMILES string of the molecule is CC1(C)c2ccccc2-c2ccc(-c3ccc4c(-c5ccc6c7c(cccc57)CC6)c5ccccc5c(-c5ccc6c(c5)C(C)(C)c5ccccc5-6)c4c3)cc21. The lowest BCUT2D eigenvalue weighted by atomic mass is 9.79. The maximum Gasteiger partial charge on any atom is 0.0159 e. The van der Waals surface area contributed by atoms with E-state index in [-0.39, 0.29) is 10.8 Å². The summed E-state index contributed by atoms with van der Waals surface area (Å²) >= 11 is 0. The van der Waals surface area contributed by atoms with Gasteiger partial charge >= 0.3 is 0 Å². The maximum absolute atomic E-state index is 2.51. The van der Waals surface area contributed by atoms with Gasteiger partial charge in [0.15, 0.2) is 0 Å². The van der Waals surface area contributed by atoms with Crippen molar-refractivity contribution in [2.45, 2.75) is 51.4 Å². The molecule has 12 rings (SSSR count). The Morgan fingerprint density at radius 2 is 0.804 bits per heavy atom. The molecular formula is C56H42. The molecule has 3 aliphatic carbocycles. The zero-order valence-corrected chi connectivity index (χ0v) is 32.4. The molecule has 0 saturated heterocycles. The number of rotatable bonds is 3. The second-order valence-electron chi connectivity index (χ2n) is 17.5. The molecule has 0 saturated carbocycles. The van der Waals surface area contributed by atoms with Crippen LogP contribution in [0.3, 0.4) is 0 Å². The Balaban J connectivity index is 1.16. The van der Waals surface area contributed by atoms with E-state index in [0.29, 0.717) is 0 Å². The van der Waals surface area contributed by atoms with E-state index in [2.05, 4.69) is 185 Å². The standard InChI is InChI=1S/C56H42/c1-55(2)48-18-9-7-13-38(48)40-26-23-36(31-50(40)55)35-24-29-46-47(30-35)53(37-25-27-41-39-14-8-10-19-49(39)56(3,4)51(41)32-37)43-15-5-6-16-44(43)54(46)45-28-22-34-21-20-33-12-11-17-42(45)52(33)34/h5-19,22-32H,20-21H2,1-4H3. The van der Waals surface area contributed by atoms with E-state index in [1.807, 2.05) is 0 Å². The van der Waals surface area contributed by atoms with Crippen LogP contribution in [0, 0.1) is 0 Å². The maximum atomic E-state index is 2.51. The van der Waals surface area contributed by atoms with Crippen LogP contribution in [0.5, 0.6) is 0 Å². The molecule has 0 heteroatoms. The van der Waals surface area contributed by atoms with E-state index < -0.39 is 0 Å². The average molecular weight is 715 g/mol. The Kier molecular flexibility index (Phi) is 6.40. The molecule has 0 spiro atoms. The molecule has 0 aromatic heterocycles. The van der Waals surface area contributed by atoms with Gasteiger partial charge in [-0.15, -0.1) is 0 Å². The van der Waals surface area contributed by atoms with Crippen molar-refractivity contribution in [2.75, 3.05) is 0 Å². The molecule has 0 bridgehead atoms. The van der Waals surface area contributed by atoms with Gasteiger partial charge in [-0.05, 0) is 152 Å². The summed E-state index contributed by atoms with van der Waals surface area (Å²) in [5, 5.41) is 8.05. The summed E-state index contributed by atoms with van der Waals surface area (Å²) in [5.41, 5.74) is 21.7. The predicted molar refractivity (Wildman–Crippen MR) is 238 cm³/mol. The van der Waals surface area contributed by atoms with Crippen LogP contribution in [-0.2, 0) is 23.7 Å². The topological polar surface area (TPSA) is 0 Å². The van der Waals surface area contributed by atoms with Crippen LogP contribution in [0.2, 0.25) is 0 Å². The zero-order chi connectivity index (χ0) is 37.5. The molecule has 0 amide bonds. The molecule has 0 radical (unpaired) electrons. The molecule has 0 nitrogen and oxygen atoms in total. The highest BCUT2D eigenvalue weighted by Gasteiger charge is 2.37. The lowest BCUT2D eigenvalue weighted by Crippen LogP contribution is -2.14. The minimum atomic E-state index is -0.0852. The first-order chi connectivity index (χ1) is 27.3. The van der Waals surface area contributed by atoms with Crippen molar-refractivity contribution in [1.82, 2.24) is 0 Å². The average Bonchev–Trinajstić information content (AvgIpc) is 3.83. The van der Waals surface area contributed by atoms with Crippen molar-refractivity contribution in [3.8, 4) is 55.6 Å². The van der Waals surface area contributed by atoms with Gasteiger partial charge in [-0.1, -0.05) is 167 Å². The molecule has 9 aromatic rings. The highest BCUT2D eigenvalue weighted by Crippen LogP contribution is 2.53. The third-order valence-electron chi connectivity index (χ3n) is 14.0. The number of hydrogen-bond donors (Lipinski definition) is 0. The summed E-state index contributed by atoms with van der Waals surface area (Å²) < 4.78 is 0. The van der Waals surface area contributed by atoms with Crippen LogP contribution in [0.15, 0.2) is 158 Å². The van der Waals surface area contributed by atoms with Gasteiger partial charge in [0, 0.05) is 10.8 Å². The minimum Gasteiger partial charge on any atom is -0.0619 e. The summed E-state index contributed by atoms with van der Waals surface area (Å²) in [7, 11) is 0. The largest absolute Gasteiger partial charge is 0.0619 e. The van der Waals surface area contributed by atoms with Crippen LogP contribution in [-0.4, -0.2) is 0 Å². The lowest BCUT2D eigenvalue weighted by Gasteiger charge is -2.24. The van der Waals surface area contributed by atoms with Gasteiger partial charge in [0.2, 0.25) is 0 Å². The van der Waals surface area contributed by atoms with Gasteiger partial charge in [-0.2, -0.15) is 0 Å². The van der Waals surface area contributed by atoms with E-state index >= 15 is 0 Å². The fourth-order valence-corrected chi connectivity index (χ4v) is 11.2. The summed E-state index contributed by atoms with van der Waals surface area (Å²) in [6.07, 6.45) is 2.25. The highest BCUT2D eigenvalue weighted by atomic mass is 14.4. The first kappa shape index (κ1) is 32.0. The number of fused-ring (bicyclic) bond motifs is 8. The Labute approximate surface area is 329 Å². The molecule has 3 aliphatic rings. The van der Waals surface area contributed by atoms with E-state index in [1.54, 1.807) is 0 Å². The van der Waals surface area contributed by atoms with Crippen molar-refractivity contribution in [3.63, 3.8) is 0 Å². The fraction of sp³-hybridized carbons (Fsp3) is 0.143. The smallest absolute Gasteiger partial charge is 0.0159 e. The van der Waals surface area contributed by atoms with Gasteiger partial charge in [0.05, 0.1) is 0 Å². The Morgan fingerprint density at radius 3 is 1.50 bits per heavy atom. The molecule has 0 aliphatic heterocycles. The summed E-state index contributed by atoms with van der Waals surface area (Å²) in [6, 6.07) is 60.7. The third kappa shape index (κ3) is 4.20. The molecule has 0 N–H and O–H groups in total. The summed E-state index contributed by atoms with van der Waals surface area (Å²) in [5.74, 6) is 0. The highest BCUT2D eigenvalue weighted by molar-refractivity contribution is 6.24. The molecule has 0 fully saturated rings. The molecule has 56 heavy (non-hydrogen) atoms. The second-order valence-corrected chi connectivity index (χ2v) is 17.5. The quantitative estimate of drug-likeness (QED) is 0.160. The molecule has 9 aromatic carbocycles. The normalized spacial score (nSPS) is 15.3. The third-order valence-corrected chi connectivity index (χ3v) is 14.0. The second kappa shape index (κ2) is 11.2.